The van der Waals surface area contributed by atoms with Gasteiger partial charge in [-0.25, -0.2) is 4.79 Å². The molecule has 2 N–H and O–H groups in total. The highest BCUT2D eigenvalue weighted by atomic mass is 16.5. The molecule has 5 heteroatoms. The van der Waals surface area contributed by atoms with Gasteiger partial charge in [-0.05, 0) is 25.5 Å². The lowest BCUT2D eigenvalue weighted by atomic mass is 9.92. The largest absolute Gasteiger partial charge is 0.338 e. The highest BCUT2D eigenvalue weighted by Gasteiger charge is 2.19. The highest BCUT2D eigenvalue weighted by molar-refractivity contribution is 5.99. The summed E-state index contributed by atoms with van der Waals surface area (Å²) in [7, 11) is 0. The molecule has 0 saturated heterocycles. The van der Waals surface area contributed by atoms with Crippen molar-refractivity contribution in [1.29, 1.82) is 0 Å². The second-order valence-corrected chi connectivity index (χ2v) is 6.22. The van der Waals surface area contributed by atoms with Crippen molar-refractivity contribution in [1.82, 2.24) is 5.16 Å². The number of carbonyl (C=O) groups is 1. The summed E-state index contributed by atoms with van der Waals surface area (Å²) in [5.41, 5.74) is 3.62. The molecular weight excluding hydrogens is 266 g/mol. The van der Waals surface area contributed by atoms with Gasteiger partial charge in [0.05, 0.1) is 5.69 Å². The Hall–Kier alpha value is -2.30. The molecule has 0 aliphatic heterocycles. The lowest BCUT2D eigenvalue weighted by Gasteiger charge is -2.12. The molecule has 0 fully saturated rings. The van der Waals surface area contributed by atoms with Gasteiger partial charge in [0, 0.05) is 17.2 Å². The van der Waals surface area contributed by atoms with Crippen molar-refractivity contribution < 1.29 is 9.32 Å². The quantitative estimate of drug-likeness (QED) is 0.868. The van der Waals surface area contributed by atoms with E-state index in [4.69, 9.17) is 4.52 Å². The Morgan fingerprint density at radius 2 is 1.86 bits per heavy atom. The van der Waals surface area contributed by atoms with Crippen LogP contribution in [0, 0.1) is 13.8 Å². The average molecular weight is 287 g/mol. The van der Waals surface area contributed by atoms with Gasteiger partial charge >= 0.3 is 6.03 Å². The second-order valence-electron chi connectivity index (χ2n) is 6.22. The van der Waals surface area contributed by atoms with E-state index in [0.29, 0.717) is 5.88 Å². The number of rotatable bonds is 2. The van der Waals surface area contributed by atoms with E-state index in [0.717, 1.165) is 22.5 Å². The van der Waals surface area contributed by atoms with Crippen LogP contribution in [0.1, 0.15) is 37.6 Å². The molecule has 0 bridgehead atoms. The second kappa shape index (κ2) is 5.60. The maximum Gasteiger partial charge on any atom is 0.326 e. The molecule has 0 radical (unpaired) electrons. The fourth-order valence-electron chi connectivity index (χ4n) is 1.91. The molecule has 21 heavy (non-hydrogen) atoms. The Morgan fingerprint density at radius 1 is 1.14 bits per heavy atom. The molecule has 2 amide bonds. The van der Waals surface area contributed by atoms with Crippen molar-refractivity contribution in [3.05, 3.63) is 41.1 Å². The number of nitrogens with one attached hydrogen (secondary N) is 2. The normalized spacial score (nSPS) is 11.3. The van der Waals surface area contributed by atoms with E-state index in [-0.39, 0.29) is 11.4 Å². The predicted molar refractivity (Wildman–Crippen MR) is 83.8 cm³/mol. The van der Waals surface area contributed by atoms with Crippen molar-refractivity contribution in [3.8, 4) is 0 Å². The smallest absolute Gasteiger partial charge is 0.326 e. The first-order chi connectivity index (χ1) is 9.75. The Kier molecular flexibility index (Phi) is 4.02. The molecule has 0 atom stereocenters. The minimum absolute atomic E-state index is 0.118. The summed E-state index contributed by atoms with van der Waals surface area (Å²) in [4.78, 5) is 12.0. The van der Waals surface area contributed by atoms with Crippen LogP contribution in [0.3, 0.4) is 0 Å². The molecular formula is C16H21N3O2. The van der Waals surface area contributed by atoms with E-state index in [1.807, 2.05) is 52.8 Å². The zero-order valence-electron chi connectivity index (χ0n) is 13.1. The summed E-state index contributed by atoms with van der Waals surface area (Å²) in [6.07, 6.45) is 0. The predicted octanol–water partition coefficient (Wildman–Crippen LogP) is 4.23. The minimum Gasteiger partial charge on any atom is -0.338 e. The molecule has 2 aromatic rings. The summed E-state index contributed by atoms with van der Waals surface area (Å²) in [5.74, 6) is 0.335. The number of amides is 2. The monoisotopic (exact) mass is 287 g/mol. The van der Waals surface area contributed by atoms with Crippen molar-refractivity contribution >= 4 is 17.6 Å². The summed E-state index contributed by atoms with van der Waals surface area (Å²) in [5, 5.41) is 9.40. The molecule has 0 aliphatic rings. The van der Waals surface area contributed by atoms with Gasteiger partial charge in [0.1, 0.15) is 0 Å². The summed E-state index contributed by atoms with van der Waals surface area (Å²) >= 11 is 0. The van der Waals surface area contributed by atoms with Gasteiger partial charge in [0.15, 0.2) is 0 Å². The number of benzene rings is 1. The molecule has 1 heterocycles. The Morgan fingerprint density at radius 3 is 2.43 bits per heavy atom. The van der Waals surface area contributed by atoms with Crippen LogP contribution in [-0.4, -0.2) is 11.2 Å². The van der Waals surface area contributed by atoms with Gasteiger partial charge in [0.25, 0.3) is 0 Å². The standard InChI is InChI=1S/C16H21N3O2/c1-10-6-7-12(11(2)8-10)17-15(20)18-14-9-13(19-21-14)16(3,4)5/h6-9H,1-5H3,(H2,17,18,20). The van der Waals surface area contributed by atoms with Crippen LogP contribution in [0.4, 0.5) is 16.4 Å². The third-order valence-electron chi connectivity index (χ3n) is 3.15. The zero-order chi connectivity index (χ0) is 15.6. The molecule has 1 aromatic heterocycles. The van der Waals surface area contributed by atoms with E-state index >= 15 is 0 Å². The molecule has 0 aliphatic carbocycles. The summed E-state index contributed by atoms with van der Waals surface area (Å²) in [6, 6.07) is 7.24. The fourth-order valence-corrected chi connectivity index (χ4v) is 1.91. The highest BCUT2D eigenvalue weighted by Crippen LogP contribution is 2.24. The maximum atomic E-state index is 12.0. The van der Waals surface area contributed by atoms with Crippen molar-refractivity contribution in [3.63, 3.8) is 0 Å². The SMILES string of the molecule is Cc1ccc(NC(=O)Nc2cc(C(C)(C)C)no2)c(C)c1. The van der Waals surface area contributed by atoms with E-state index in [1.54, 1.807) is 6.07 Å². The van der Waals surface area contributed by atoms with Crippen LogP contribution in [0.2, 0.25) is 0 Å². The number of nitrogens with zero attached hydrogens (tertiary/aromatic N) is 1. The van der Waals surface area contributed by atoms with E-state index in [1.165, 1.54) is 0 Å². The van der Waals surface area contributed by atoms with E-state index in [2.05, 4.69) is 15.8 Å². The first kappa shape index (κ1) is 15.1. The zero-order valence-corrected chi connectivity index (χ0v) is 13.1. The van der Waals surface area contributed by atoms with Crippen molar-refractivity contribution in [2.45, 2.75) is 40.0 Å². The van der Waals surface area contributed by atoms with Gasteiger partial charge in [-0.2, -0.15) is 0 Å². The number of urea groups is 1. The number of anilines is 2. The lowest BCUT2D eigenvalue weighted by molar-refractivity contribution is 0.261. The third-order valence-corrected chi connectivity index (χ3v) is 3.15. The molecule has 112 valence electrons. The minimum atomic E-state index is -0.349. The van der Waals surface area contributed by atoms with Crippen LogP contribution in [-0.2, 0) is 5.41 Å². The summed E-state index contributed by atoms with van der Waals surface area (Å²) < 4.78 is 5.13. The first-order valence-corrected chi connectivity index (χ1v) is 6.88. The summed E-state index contributed by atoms with van der Waals surface area (Å²) in [6.45, 7) is 10.1. The third kappa shape index (κ3) is 3.84. The Labute approximate surface area is 124 Å². The molecule has 0 saturated carbocycles. The van der Waals surface area contributed by atoms with Gasteiger partial charge in [-0.15, -0.1) is 0 Å². The number of aromatic nitrogens is 1. The van der Waals surface area contributed by atoms with Crippen LogP contribution in [0.25, 0.3) is 0 Å². The van der Waals surface area contributed by atoms with Gasteiger partial charge in [-0.3, -0.25) is 5.32 Å². The molecule has 0 unspecified atom stereocenters. The van der Waals surface area contributed by atoms with Crippen molar-refractivity contribution in [2.24, 2.45) is 0 Å². The van der Waals surface area contributed by atoms with Crippen LogP contribution < -0.4 is 10.6 Å². The molecule has 0 spiro atoms. The number of aryl methyl sites for hydroxylation is 2. The molecule has 5 nitrogen and oxygen atoms in total. The average Bonchev–Trinajstić information content (AvgIpc) is 2.81. The molecule has 1 aromatic carbocycles. The number of hydrogen-bond acceptors (Lipinski definition) is 3. The fraction of sp³-hybridized carbons (Fsp3) is 0.375. The number of carbonyl (C=O) groups excluding carboxylic acids is 1. The van der Waals surface area contributed by atoms with Crippen LogP contribution in [0.15, 0.2) is 28.8 Å². The van der Waals surface area contributed by atoms with Gasteiger partial charge in [0.2, 0.25) is 5.88 Å². The first-order valence-electron chi connectivity index (χ1n) is 6.88. The van der Waals surface area contributed by atoms with Gasteiger partial charge < -0.3 is 9.84 Å². The van der Waals surface area contributed by atoms with E-state index < -0.39 is 0 Å². The number of hydrogen-bond donors (Lipinski definition) is 2. The van der Waals surface area contributed by atoms with Crippen LogP contribution in [0.5, 0.6) is 0 Å². The van der Waals surface area contributed by atoms with Crippen LogP contribution >= 0.6 is 0 Å². The van der Waals surface area contributed by atoms with E-state index in [9.17, 15) is 4.79 Å². The topological polar surface area (TPSA) is 67.2 Å². The Balaban J connectivity index is 2.03. The van der Waals surface area contributed by atoms with Gasteiger partial charge in [-0.1, -0.05) is 43.6 Å². The Bertz CT molecular complexity index is 654. The maximum absolute atomic E-state index is 12.0. The molecule has 2 rings (SSSR count). The lowest BCUT2D eigenvalue weighted by Crippen LogP contribution is -2.19. The van der Waals surface area contributed by atoms with Crippen molar-refractivity contribution in [2.75, 3.05) is 10.6 Å².